The molecule has 0 saturated heterocycles. The van der Waals surface area contributed by atoms with Gasteiger partial charge in [-0.15, -0.1) is 30.0 Å². The predicted octanol–water partition coefficient (Wildman–Crippen LogP) is 4.87. The molecule has 9 heteroatoms. The van der Waals surface area contributed by atoms with Crippen LogP contribution in [-0.4, -0.2) is 40.2 Å². The number of fused-ring (bicyclic) bond motifs is 2. The second-order valence-corrected chi connectivity index (χ2v) is 7.94. The monoisotopic (exact) mass is 514 g/mol. The van der Waals surface area contributed by atoms with Gasteiger partial charge in [-0.3, -0.25) is 0 Å². The molecule has 2 N–H and O–H groups in total. The normalized spacial score (nSPS) is 10.6. The van der Waals surface area contributed by atoms with Gasteiger partial charge in [0.2, 0.25) is 0 Å². The second kappa shape index (κ2) is 10.0. The fourth-order valence-corrected chi connectivity index (χ4v) is 3.52. The van der Waals surface area contributed by atoms with Crippen molar-refractivity contribution in [3.63, 3.8) is 0 Å². The first kappa shape index (κ1) is 24.0. The van der Waals surface area contributed by atoms with E-state index in [1.54, 1.807) is 12.1 Å². The van der Waals surface area contributed by atoms with E-state index in [1.165, 1.54) is 9.59 Å². The van der Waals surface area contributed by atoms with E-state index in [2.05, 4.69) is 20.4 Å². The molecule has 170 valence electrons. The molecule has 0 fully saturated rings. The van der Waals surface area contributed by atoms with Gasteiger partial charge in [-0.25, -0.2) is 0 Å². The number of aromatic nitrogens is 6. The third-order valence-electron chi connectivity index (χ3n) is 5.27. The summed E-state index contributed by atoms with van der Waals surface area (Å²) >= 11 is 0. The van der Waals surface area contributed by atoms with Gasteiger partial charge >= 0.3 is 0 Å². The SMILES string of the molecule is Cc1ccc(O)c(-n2nc3ccccc3n2)c1.Cc1ccc(O)c(-n2nc3ccccc3n2)c1.[Zn]. The first-order chi connectivity index (χ1) is 16.5. The van der Waals surface area contributed by atoms with Crippen molar-refractivity contribution in [2.24, 2.45) is 0 Å². The van der Waals surface area contributed by atoms with E-state index in [-0.39, 0.29) is 31.0 Å². The zero-order chi connectivity index (χ0) is 23.7. The van der Waals surface area contributed by atoms with Crippen molar-refractivity contribution in [3.8, 4) is 22.9 Å². The Morgan fingerprint density at radius 1 is 0.514 bits per heavy atom. The van der Waals surface area contributed by atoms with Crippen LogP contribution in [0.2, 0.25) is 0 Å². The van der Waals surface area contributed by atoms with E-state index in [1.807, 2.05) is 86.6 Å². The summed E-state index contributed by atoms with van der Waals surface area (Å²) in [4.78, 5) is 2.93. The van der Waals surface area contributed by atoms with Crippen LogP contribution in [0.4, 0.5) is 0 Å². The van der Waals surface area contributed by atoms with Crippen LogP contribution in [0.5, 0.6) is 11.5 Å². The molecule has 0 bridgehead atoms. The van der Waals surface area contributed by atoms with E-state index in [0.29, 0.717) is 11.4 Å². The Hall–Kier alpha value is -4.10. The van der Waals surface area contributed by atoms with Crippen LogP contribution >= 0.6 is 0 Å². The largest absolute Gasteiger partial charge is 0.506 e. The molecule has 0 saturated carbocycles. The van der Waals surface area contributed by atoms with Crippen molar-refractivity contribution in [2.75, 3.05) is 0 Å². The van der Waals surface area contributed by atoms with Crippen LogP contribution in [0.3, 0.4) is 0 Å². The zero-order valence-corrected chi connectivity index (χ0v) is 22.3. The number of hydrogen-bond acceptors (Lipinski definition) is 6. The minimum atomic E-state index is 0. The third-order valence-corrected chi connectivity index (χ3v) is 5.27. The van der Waals surface area contributed by atoms with Crippen LogP contribution in [0.15, 0.2) is 84.9 Å². The number of nitrogens with zero attached hydrogens (tertiary/aromatic N) is 6. The van der Waals surface area contributed by atoms with Gasteiger partial charge in [0.15, 0.2) is 0 Å². The molecular formula is C26H22N6O2Zn. The summed E-state index contributed by atoms with van der Waals surface area (Å²) < 4.78 is 0. The summed E-state index contributed by atoms with van der Waals surface area (Å²) in [5, 5.41) is 36.9. The Labute approximate surface area is 214 Å². The molecule has 0 aliphatic heterocycles. The van der Waals surface area contributed by atoms with Crippen molar-refractivity contribution in [3.05, 3.63) is 96.1 Å². The van der Waals surface area contributed by atoms with Crippen molar-refractivity contribution in [1.29, 1.82) is 0 Å². The predicted molar refractivity (Wildman–Crippen MR) is 131 cm³/mol. The molecule has 2 heterocycles. The van der Waals surface area contributed by atoms with Crippen molar-refractivity contribution < 1.29 is 29.7 Å². The van der Waals surface area contributed by atoms with E-state index in [4.69, 9.17) is 0 Å². The van der Waals surface area contributed by atoms with Gasteiger partial charge in [-0.2, -0.15) is 0 Å². The molecule has 0 aliphatic rings. The molecule has 0 aliphatic carbocycles. The van der Waals surface area contributed by atoms with Gasteiger partial charge in [-0.1, -0.05) is 36.4 Å². The molecule has 0 amide bonds. The maximum absolute atomic E-state index is 9.81. The van der Waals surface area contributed by atoms with Crippen LogP contribution in [-0.2, 0) is 19.5 Å². The number of benzene rings is 4. The van der Waals surface area contributed by atoms with Crippen molar-refractivity contribution >= 4 is 22.1 Å². The average molecular weight is 516 g/mol. The van der Waals surface area contributed by atoms with Gasteiger partial charge in [0, 0.05) is 19.5 Å². The fourth-order valence-electron chi connectivity index (χ4n) is 3.52. The molecule has 35 heavy (non-hydrogen) atoms. The van der Waals surface area contributed by atoms with Gasteiger partial charge in [-0.05, 0) is 73.5 Å². The van der Waals surface area contributed by atoms with Gasteiger partial charge in [0.1, 0.15) is 44.9 Å². The Kier molecular flexibility index (Phi) is 6.89. The molecule has 6 aromatic rings. The summed E-state index contributed by atoms with van der Waals surface area (Å²) in [7, 11) is 0. The standard InChI is InChI=1S/2C13H11N3O.Zn/c2*1-9-6-7-13(17)12(8-9)16-14-10-4-2-3-5-11(10)15-16;/h2*2-8,17H,1H3;. The van der Waals surface area contributed by atoms with Crippen LogP contribution in [0.1, 0.15) is 11.1 Å². The molecule has 2 aromatic heterocycles. The van der Waals surface area contributed by atoms with Crippen molar-refractivity contribution in [2.45, 2.75) is 13.8 Å². The average Bonchev–Trinajstić information content (AvgIpc) is 3.47. The summed E-state index contributed by atoms with van der Waals surface area (Å²) in [6.45, 7) is 3.93. The molecule has 4 aromatic carbocycles. The van der Waals surface area contributed by atoms with E-state index in [0.717, 1.165) is 33.2 Å². The third kappa shape index (κ3) is 5.05. The van der Waals surface area contributed by atoms with Gasteiger partial charge in [0.05, 0.1) is 0 Å². The van der Waals surface area contributed by atoms with Gasteiger partial charge in [0.25, 0.3) is 0 Å². The Balaban J connectivity index is 0.000000160. The molecular weight excluding hydrogens is 494 g/mol. The smallest absolute Gasteiger partial charge is 0.143 e. The Morgan fingerprint density at radius 2 is 0.829 bits per heavy atom. The van der Waals surface area contributed by atoms with Crippen LogP contribution < -0.4 is 0 Å². The maximum Gasteiger partial charge on any atom is 0.143 e. The van der Waals surface area contributed by atoms with Gasteiger partial charge < -0.3 is 10.2 Å². The quantitative estimate of drug-likeness (QED) is 0.319. The zero-order valence-electron chi connectivity index (χ0n) is 19.4. The van der Waals surface area contributed by atoms with Crippen LogP contribution in [0, 0.1) is 13.8 Å². The van der Waals surface area contributed by atoms with Crippen LogP contribution in [0.25, 0.3) is 33.4 Å². The first-order valence-electron chi connectivity index (χ1n) is 10.7. The number of hydrogen-bond donors (Lipinski definition) is 2. The summed E-state index contributed by atoms with van der Waals surface area (Å²) in [5.41, 5.74) is 6.56. The minimum Gasteiger partial charge on any atom is -0.506 e. The molecule has 8 nitrogen and oxygen atoms in total. The number of phenolic OH excluding ortho intramolecular Hbond substituents is 2. The summed E-state index contributed by atoms with van der Waals surface area (Å²) in [6.07, 6.45) is 0. The van der Waals surface area contributed by atoms with Crippen molar-refractivity contribution in [1.82, 2.24) is 30.0 Å². The minimum absolute atomic E-state index is 0. The fraction of sp³-hybridized carbons (Fsp3) is 0.0769. The molecule has 0 unspecified atom stereocenters. The second-order valence-electron chi connectivity index (χ2n) is 7.94. The molecule has 0 spiro atoms. The summed E-state index contributed by atoms with van der Waals surface area (Å²) in [5.74, 6) is 0.354. The topological polar surface area (TPSA) is 102 Å². The number of rotatable bonds is 2. The summed E-state index contributed by atoms with van der Waals surface area (Å²) in [6, 6.07) is 25.9. The number of phenols is 2. The first-order valence-corrected chi connectivity index (χ1v) is 10.7. The number of aromatic hydroxyl groups is 2. The van der Waals surface area contributed by atoms with E-state index in [9.17, 15) is 10.2 Å². The molecule has 0 atom stereocenters. The Bertz CT molecular complexity index is 1440. The van der Waals surface area contributed by atoms with E-state index < -0.39 is 0 Å². The molecule has 6 rings (SSSR count). The molecule has 0 radical (unpaired) electrons. The van der Waals surface area contributed by atoms with E-state index >= 15 is 0 Å². The number of aryl methyl sites for hydroxylation is 2. The Morgan fingerprint density at radius 3 is 1.14 bits per heavy atom. The maximum atomic E-state index is 9.81.